The fourth-order valence-corrected chi connectivity index (χ4v) is 7.30. The Morgan fingerprint density at radius 2 is 1.78 bits per heavy atom. The molecule has 1 aliphatic carbocycles. The number of amides is 2. The number of pyridine rings is 1. The van der Waals surface area contributed by atoms with Crippen LogP contribution in [0.5, 0.6) is 0 Å². The second-order valence-corrected chi connectivity index (χ2v) is 12.8. The molecule has 14 heteroatoms. The summed E-state index contributed by atoms with van der Waals surface area (Å²) in [5.41, 5.74) is 0.00850. The van der Waals surface area contributed by atoms with Crippen molar-refractivity contribution < 1.29 is 36.0 Å². The first-order valence-electron chi connectivity index (χ1n) is 14.0. The molecule has 0 aromatic carbocycles. The van der Waals surface area contributed by atoms with Crippen molar-refractivity contribution in [1.29, 1.82) is 5.26 Å². The number of sulfonamides is 1. The van der Waals surface area contributed by atoms with Gasteiger partial charge in [0, 0.05) is 44.0 Å². The molecule has 2 saturated heterocycles. The van der Waals surface area contributed by atoms with Gasteiger partial charge in [0.05, 0.1) is 30.0 Å². The Kier molecular flexibility index (Phi) is 9.56. The standard InChI is InChI=1S/C27H34F3N5O5S/c28-27(29,30)10-7-23(36)21-14-20(15-31)25(32-22(21)16-35-11-3-6-24(35)37)34-12-8-19(9-13-34)26(38)33-41(39,40)17-18-4-1-2-5-18/h14,18-19H,1-13,16-17H2,(H,33,38). The average Bonchev–Trinajstić information content (AvgIpc) is 3.57. The first-order chi connectivity index (χ1) is 19.3. The largest absolute Gasteiger partial charge is 0.389 e. The Hall–Kier alpha value is -3.21. The molecule has 3 heterocycles. The molecule has 1 aromatic rings. The molecule has 224 valence electrons. The van der Waals surface area contributed by atoms with Gasteiger partial charge < -0.3 is 9.80 Å². The summed E-state index contributed by atoms with van der Waals surface area (Å²) in [7, 11) is -3.74. The van der Waals surface area contributed by atoms with Gasteiger partial charge in [-0.1, -0.05) is 12.8 Å². The molecule has 0 radical (unpaired) electrons. The fourth-order valence-electron chi connectivity index (χ4n) is 5.79. The maximum absolute atomic E-state index is 12.8. The number of Topliss-reactive ketones (excluding diaryl/α,β-unsaturated/α-hetero) is 1. The molecule has 41 heavy (non-hydrogen) atoms. The van der Waals surface area contributed by atoms with Crippen LogP contribution in [0.1, 0.15) is 85.8 Å². The number of hydrogen-bond donors (Lipinski definition) is 1. The van der Waals surface area contributed by atoms with Crippen molar-refractivity contribution in [2.24, 2.45) is 11.8 Å². The SMILES string of the molecule is N#Cc1cc(C(=O)CCC(F)(F)F)c(CN2CCCC2=O)nc1N1CCC(C(=O)NS(=O)(=O)CC2CCCC2)CC1. The van der Waals surface area contributed by atoms with Crippen LogP contribution in [0.25, 0.3) is 0 Å². The van der Waals surface area contributed by atoms with Crippen molar-refractivity contribution in [3.8, 4) is 6.07 Å². The Labute approximate surface area is 237 Å². The van der Waals surface area contributed by atoms with Crippen LogP contribution in [-0.2, 0) is 26.2 Å². The number of nitriles is 1. The van der Waals surface area contributed by atoms with Crippen LogP contribution >= 0.6 is 0 Å². The van der Waals surface area contributed by atoms with Crippen molar-refractivity contribution in [3.63, 3.8) is 0 Å². The lowest BCUT2D eigenvalue weighted by Crippen LogP contribution is -2.44. The van der Waals surface area contributed by atoms with Crippen molar-refractivity contribution in [3.05, 3.63) is 22.9 Å². The number of nitrogens with zero attached hydrogens (tertiary/aromatic N) is 4. The third-order valence-electron chi connectivity index (χ3n) is 8.00. The summed E-state index contributed by atoms with van der Waals surface area (Å²) in [6.07, 6.45) is -1.47. The van der Waals surface area contributed by atoms with Crippen LogP contribution < -0.4 is 9.62 Å². The van der Waals surface area contributed by atoms with Gasteiger partial charge in [-0.15, -0.1) is 0 Å². The number of likely N-dealkylation sites (tertiary alicyclic amines) is 1. The first kappa shape index (κ1) is 30.7. The highest BCUT2D eigenvalue weighted by Gasteiger charge is 2.33. The molecule has 3 fully saturated rings. The van der Waals surface area contributed by atoms with E-state index < -0.39 is 46.6 Å². The summed E-state index contributed by atoms with van der Waals surface area (Å²) in [5.74, 6) is -1.87. The summed E-state index contributed by atoms with van der Waals surface area (Å²) in [5, 5.41) is 9.81. The minimum atomic E-state index is -4.53. The van der Waals surface area contributed by atoms with Crippen molar-refractivity contribution in [1.82, 2.24) is 14.6 Å². The van der Waals surface area contributed by atoms with Gasteiger partial charge in [0.25, 0.3) is 0 Å². The van der Waals surface area contributed by atoms with E-state index in [1.165, 1.54) is 11.0 Å². The molecule has 3 aliphatic rings. The number of aromatic nitrogens is 1. The Morgan fingerprint density at radius 3 is 2.37 bits per heavy atom. The highest BCUT2D eigenvalue weighted by molar-refractivity contribution is 7.90. The second-order valence-electron chi connectivity index (χ2n) is 11.1. The van der Waals surface area contributed by atoms with Crippen LogP contribution in [0, 0.1) is 23.2 Å². The van der Waals surface area contributed by atoms with Gasteiger partial charge in [-0.25, -0.2) is 13.4 Å². The minimum Gasteiger partial charge on any atom is -0.355 e. The number of anilines is 1. The van der Waals surface area contributed by atoms with Crippen molar-refractivity contribution in [2.75, 3.05) is 30.3 Å². The number of nitrogens with one attached hydrogen (secondary N) is 1. The summed E-state index contributed by atoms with van der Waals surface area (Å²) in [6.45, 7) is 0.899. The normalized spacial score (nSPS) is 19.0. The van der Waals surface area contributed by atoms with Gasteiger partial charge in [0.15, 0.2) is 5.78 Å². The van der Waals surface area contributed by atoms with Crippen LogP contribution in [0.3, 0.4) is 0 Å². The maximum Gasteiger partial charge on any atom is 0.389 e. The molecule has 2 amide bonds. The zero-order valence-corrected chi connectivity index (χ0v) is 23.5. The monoisotopic (exact) mass is 597 g/mol. The molecule has 1 N–H and O–H groups in total. The minimum absolute atomic E-state index is 0.00102. The predicted molar refractivity (Wildman–Crippen MR) is 142 cm³/mol. The van der Waals surface area contributed by atoms with E-state index >= 15 is 0 Å². The summed E-state index contributed by atoms with van der Waals surface area (Å²) in [6, 6.07) is 3.21. The summed E-state index contributed by atoms with van der Waals surface area (Å²) in [4.78, 5) is 45.6. The molecule has 4 rings (SSSR count). The van der Waals surface area contributed by atoms with Crippen LogP contribution in [0.2, 0.25) is 0 Å². The molecule has 2 aliphatic heterocycles. The van der Waals surface area contributed by atoms with E-state index in [2.05, 4.69) is 9.71 Å². The summed E-state index contributed by atoms with van der Waals surface area (Å²) < 4.78 is 65.6. The van der Waals surface area contributed by atoms with E-state index in [9.17, 15) is 41.2 Å². The van der Waals surface area contributed by atoms with E-state index in [1.807, 2.05) is 6.07 Å². The second kappa shape index (κ2) is 12.8. The van der Waals surface area contributed by atoms with Gasteiger partial charge in [-0.2, -0.15) is 18.4 Å². The number of alkyl halides is 3. The number of ketones is 1. The lowest BCUT2D eigenvalue weighted by atomic mass is 9.95. The number of hydrogen-bond acceptors (Lipinski definition) is 8. The van der Waals surface area contributed by atoms with E-state index in [-0.39, 0.29) is 59.9 Å². The van der Waals surface area contributed by atoms with E-state index in [0.717, 1.165) is 25.7 Å². The van der Waals surface area contributed by atoms with E-state index in [0.29, 0.717) is 32.2 Å². The fraction of sp³-hybridized carbons (Fsp3) is 0.667. The molecule has 0 spiro atoms. The Balaban J connectivity index is 1.49. The molecule has 1 saturated carbocycles. The molecule has 0 unspecified atom stereocenters. The summed E-state index contributed by atoms with van der Waals surface area (Å²) >= 11 is 0. The van der Waals surface area contributed by atoms with E-state index in [1.54, 1.807) is 4.90 Å². The van der Waals surface area contributed by atoms with Gasteiger partial charge in [-0.05, 0) is 44.1 Å². The van der Waals surface area contributed by atoms with Gasteiger partial charge in [0.1, 0.15) is 11.9 Å². The topological polar surface area (TPSA) is 141 Å². The zero-order chi connectivity index (χ0) is 29.8. The molecular weight excluding hydrogens is 563 g/mol. The number of halogens is 3. The number of carbonyl (C=O) groups excluding carboxylic acids is 3. The van der Waals surface area contributed by atoms with Gasteiger partial charge >= 0.3 is 6.18 Å². The quantitative estimate of drug-likeness (QED) is 0.405. The molecular formula is C27H34F3N5O5S. The maximum atomic E-state index is 12.8. The molecule has 0 bridgehead atoms. The molecule has 1 aromatic heterocycles. The predicted octanol–water partition coefficient (Wildman–Crippen LogP) is 3.45. The van der Waals surface area contributed by atoms with Crippen molar-refractivity contribution in [2.45, 2.75) is 76.9 Å². The number of piperidine rings is 1. The highest BCUT2D eigenvalue weighted by atomic mass is 32.2. The Morgan fingerprint density at radius 1 is 1.10 bits per heavy atom. The highest BCUT2D eigenvalue weighted by Crippen LogP contribution is 2.30. The third kappa shape index (κ3) is 8.18. The molecule has 0 atom stereocenters. The number of rotatable bonds is 10. The zero-order valence-electron chi connectivity index (χ0n) is 22.7. The molecule has 10 nitrogen and oxygen atoms in total. The average molecular weight is 598 g/mol. The van der Waals surface area contributed by atoms with Gasteiger partial charge in [-0.3, -0.25) is 19.1 Å². The van der Waals surface area contributed by atoms with E-state index in [4.69, 9.17) is 0 Å². The Bertz CT molecular complexity index is 1310. The van der Waals surface area contributed by atoms with Gasteiger partial charge in [0.2, 0.25) is 21.8 Å². The third-order valence-corrected chi connectivity index (χ3v) is 9.42. The van der Waals surface area contributed by atoms with Crippen LogP contribution in [-0.4, -0.2) is 67.5 Å². The first-order valence-corrected chi connectivity index (χ1v) is 15.6. The van der Waals surface area contributed by atoms with Crippen LogP contribution in [0.4, 0.5) is 19.0 Å². The smallest absolute Gasteiger partial charge is 0.355 e. The van der Waals surface area contributed by atoms with Crippen molar-refractivity contribution >= 4 is 33.4 Å². The lowest BCUT2D eigenvalue weighted by Gasteiger charge is -2.33. The lowest BCUT2D eigenvalue weighted by molar-refractivity contribution is -0.133. The van der Waals surface area contributed by atoms with Crippen LogP contribution in [0.15, 0.2) is 6.07 Å². The number of carbonyl (C=O) groups is 3.